The Morgan fingerprint density at radius 2 is 1.77 bits per heavy atom. The summed E-state index contributed by atoms with van der Waals surface area (Å²) in [6, 6.07) is 7.10. The first-order valence-corrected chi connectivity index (χ1v) is 6.93. The van der Waals surface area contributed by atoms with Crippen molar-refractivity contribution in [3.63, 3.8) is 0 Å². The molecule has 118 valence electrons. The van der Waals surface area contributed by atoms with Crippen LogP contribution in [0.2, 0.25) is 10.0 Å². The lowest BCUT2D eigenvalue weighted by Gasteiger charge is -2.13. The Morgan fingerprint density at radius 1 is 1.09 bits per heavy atom. The summed E-state index contributed by atoms with van der Waals surface area (Å²) in [7, 11) is 0. The van der Waals surface area contributed by atoms with Crippen molar-refractivity contribution in [2.24, 2.45) is 0 Å². The van der Waals surface area contributed by atoms with Crippen LogP contribution >= 0.6 is 23.2 Å². The number of halogens is 5. The molecule has 0 unspecified atom stereocenters. The van der Waals surface area contributed by atoms with Crippen LogP contribution in [0, 0.1) is 0 Å². The molecule has 2 aromatic rings. The number of para-hydroxylation sites is 1. The van der Waals surface area contributed by atoms with Gasteiger partial charge in [0, 0.05) is 5.69 Å². The highest BCUT2D eigenvalue weighted by atomic mass is 35.5. The van der Waals surface area contributed by atoms with Crippen LogP contribution in [0.1, 0.15) is 11.3 Å². The van der Waals surface area contributed by atoms with Crippen LogP contribution < -0.4 is 10.3 Å². The Balaban J connectivity index is 2.19. The summed E-state index contributed by atoms with van der Waals surface area (Å²) >= 11 is 11.6. The van der Waals surface area contributed by atoms with E-state index in [1.54, 1.807) is 6.07 Å². The largest absolute Gasteiger partial charge is 0.573 e. The summed E-state index contributed by atoms with van der Waals surface area (Å²) < 4.78 is 41.0. The van der Waals surface area contributed by atoms with Crippen molar-refractivity contribution in [2.45, 2.75) is 19.2 Å². The fraction of sp³-hybridized carbons (Fsp3) is 0.214. The van der Waals surface area contributed by atoms with Gasteiger partial charge in [-0.25, -0.2) is 0 Å². The predicted octanol–water partition coefficient (Wildman–Crippen LogP) is 4.37. The molecule has 0 fully saturated rings. The molecule has 0 aliphatic heterocycles. The molecule has 1 N–H and O–H groups in total. The number of nitrogens with one attached hydrogen (secondary N) is 1. The number of rotatable bonds is 4. The number of aromatic amines is 1. The van der Waals surface area contributed by atoms with Crippen LogP contribution in [0.15, 0.2) is 35.1 Å². The second-order valence-electron chi connectivity index (χ2n) is 4.43. The number of hydrogen-bond acceptors (Lipinski definition) is 2. The Hall–Kier alpha value is -1.66. The Labute approximate surface area is 133 Å². The van der Waals surface area contributed by atoms with Crippen molar-refractivity contribution < 1.29 is 17.9 Å². The van der Waals surface area contributed by atoms with Gasteiger partial charge in [-0.2, -0.15) is 0 Å². The Morgan fingerprint density at radius 3 is 2.45 bits per heavy atom. The van der Waals surface area contributed by atoms with Gasteiger partial charge in [0.05, 0.1) is 5.02 Å². The van der Waals surface area contributed by atoms with E-state index in [-0.39, 0.29) is 28.6 Å². The highest BCUT2D eigenvalue weighted by Crippen LogP contribution is 2.27. The summed E-state index contributed by atoms with van der Waals surface area (Å²) in [6.45, 7) is 0. The maximum Gasteiger partial charge on any atom is 0.573 e. The fourth-order valence-corrected chi connectivity index (χ4v) is 2.36. The zero-order chi connectivity index (χ0) is 16.3. The van der Waals surface area contributed by atoms with Crippen LogP contribution in [0.3, 0.4) is 0 Å². The van der Waals surface area contributed by atoms with Gasteiger partial charge in [-0.05, 0) is 30.5 Å². The smallest absolute Gasteiger partial charge is 0.406 e. The third kappa shape index (κ3) is 4.42. The molecule has 0 bridgehead atoms. The lowest BCUT2D eigenvalue weighted by Crippen LogP contribution is -2.18. The first-order valence-electron chi connectivity index (χ1n) is 6.17. The van der Waals surface area contributed by atoms with Crippen LogP contribution in [0.5, 0.6) is 5.75 Å². The Bertz CT molecular complexity index is 729. The number of aromatic nitrogens is 1. The molecule has 0 amide bonds. The molecule has 1 heterocycles. The standard InChI is InChI=1S/C14H10Cl2F3NO2/c15-9-7-10(16)13(21)20-11(9)6-5-8-3-1-2-4-12(8)22-14(17,18)19/h1-4,7H,5-6H2,(H,20,21). The maximum absolute atomic E-state index is 12.3. The van der Waals surface area contributed by atoms with Crippen molar-refractivity contribution in [3.8, 4) is 5.75 Å². The molecule has 2 rings (SSSR count). The van der Waals surface area contributed by atoms with E-state index in [1.165, 1.54) is 24.3 Å². The van der Waals surface area contributed by atoms with E-state index >= 15 is 0 Å². The molecule has 0 spiro atoms. The molecule has 1 aromatic carbocycles. The third-order valence-electron chi connectivity index (χ3n) is 2.87. The molecular formula is C14H10Cl2F3NO2. The van der Waals surface area contributed by atoms with Gasteiger partial charge in [0.1, 0.15) is 10.8 Å². The number of hydrogen-bond donors (Lipinski definition) is 1. The molecule has 0 atom stereocenters. The monoisotopic (exact) mass is 351 g/mol. The van der Waals surface area contributed by atoms with E-state index in [9.17, 15) is 18.0 Å². The number of ether oxygens (including phenoxy) is 1. The molecule has 1 aromatic heterocycles. The maximum atomic E-state index is 12.3. The quantitative estimate of drug-likeness (QED) is 0.888. The third-order valence-corrected chi connectivity index (χ3v) is 3.48. The topological polar surface area (TPSA) is 42.1 Å². The van der Waals surface area contributed by atoms with Crippen molar-refractivity contribution in [3.05, 3.63) is 62.0 Å². The highest BCUT2D eigenvalue weighted by molar-refractivity contribution is 6.34. The van der Waals surface area contributed by atoms with Crippen LogP contribution in [-0.4, -0.2) is 11.3 Å². The summed E-state index contributed by atoms with van der Waals surface area (Å²) in [5.74, 6) is -0.276. The minimum atomic E-state index is -4.76. The minimum Gasteiger partial charge on any atom is -0.406 e. The zero-order valence-corrected chi connectivity index (χ0v) is 12.5. The SMILES string of the molecule is O=c1[nH]c(CCc2ccccc2OC(F)(F)F)c(Cl)cc1Cl. The van der Waals surface area contributed by atoms with Crippen molar-refractivity contribution in [2.75, 3.05) is 0 Å². The highest BCUT2D eigenvalue weighted by Gasteiger charge is 2.31. The molecule has 0 saturated heterocycles. The van der Waals surface area contributed by atoms with Crippen LogP contribution in [-0.2, 0) is 12.8 Å². The molecule has 0 saturated carbocycles. The summed E-state index contributed by atoms with van der Waals surface area (Å²) in [5, 5.41) is 0.202. The molecular weight excluding hydrogens is 342 g/mol. The summed E-state index contributed by atoms with van der Waals surface area (Å²) in [6.07, 6.45) is -4.31. The van der Waals surface area contributed by atoms with E-state index in [4.69, 9.17) is 23.2 Å². The number of benzene rings is 1. The van der Waals surface area contributed by atoms with E-state index in [2.05, 4.69) is 9.72 Å². The average Bonchev–Trinajstić information content (AvgIpc) is 2.41. The molecule has 8 heteroatoms. The van der Waals surface area contributed by atoms with Gasteiger partial charge in [0.2, 0.25) is 0 Å². The lowest BCUT2D eigenvalue weighted by molar-refractivity contribution is -0.274. The second kappa shape index (κ2) is 6.62. The molecule has 0 aliphatic rings. The van der Waals surface area contributed by atoms with E-state index in [0.29, 0.717) is 11.3 Å². The fourth-order valence-electron chi connectivity index (χ4n) is 1.90. The first kappa shape index (κ1) is 16.7. The average molecular weight is 352 g/mol. The van der Waals surface area contributed by atoms with Gasteiger partial charge in [-0.3, -0.25) is 4.79 Å². The molecule has 0 aliphatic carbocycles. The van der Waals surface area contributed by atoms with E-state index in [1.807, 2.05) is 0 Å². The first-order chi connectivity index (χ1) is 10.3. The molecule has 3 nitrogen and oxygen atoms in total. The van der Waals surface area contributed by atoms with Gasteiger partial charge in [-0.15, -0.1) is 13.2 Å². The minimum absolute atomic E-state index is 0.0467. The van der Waals surface area contributed by atoms with Gasteiger partial charge in [-0.1, -0.05) is 41.4 Å². The van der Waals surface area contributed by atoms with Crippen LogP contribution in [0.4, 0.5) is 13.2 Å². The second-order valence-corrected chi connectivity index (χ2v) is 5.24. The zero-order valence-electron chi connectivity index (χ0n) is 11.0. The number of alkyl halides is 3. The number of H-pyrrole nitrogens is 1. The van der Waals surface area contributed by atoms with Gasteiger partial charge >= 0.3 is 6.36 Å². The number of pyridine rings is 1. The van der Waals surface area contributed by atoms with Gasteiger partial charge in [0.15, 0.2) is 0 Å². The van der Waals surface area contributed by atoms with Crippen molar-refractivity contribution >= 4 is 23.2 Å². The van der Waals surface area contributed by atoms with Crippen molar-refractivity contribution in [1.29, 1.82) is 0 Å². The lowest BCUT2D eigenvalue weighted by atomic mass is 10.1. The molecule has 22 heavy (non-hydrogen) atoms. The Kier molecular flexibility index (Phi) is 5.03. The van der Waals surface area contributed by atoms with E-state index in [0.717, 1.165) is 0 Å². The van der Waals surface area contributed by atoms with Gasteiger partial charge < -0.3 is 9.72 Å². The predicted molar refractivity (Wildman–Crippen MR) is 77.6 cm³/mol. The van der Waals surface area contributed by atoms with Gasteiger partial charge in [0.25, 0.3) is 5.56 Å². The van der Waals surface area contributed by atoms with Crippen LogP contribution in [0.25, 0.3) is 0 Å². The summed E-state index contributed by atoms with van der Waals surface area (Å²) in [5.41, 5.74) is 0.255. The van der Waals surface area contributed by atoms with E-state index < -0.39 is 11.9 Å². The molecule has 0 radical (unpaired) electrons. The van der Waals surface area contributed by atoms with Crippen molar-refractivity contribution in [1.82, 2.24) is 4.98 Å². The normalized spacial score (nSPS) is 11.5. The summed E-state index contributed by atoms with van der Waals surface area (Å²) in [4.78, 5) is 13.9. The number of aryl methyl sites for hydroxylation is 2.